The Kier molecular flexibility index (Phi) is 7.94. The van der Waals surface area contributed by atoms with Crippen LogP contribution in [0.1, 0.15) is 51.5 Å². The third-order valence-corrected chi connectivity index (χ3v) is 6.24. The van der Waals surface area contributed by atoms with E-state index in [2.05, 4.69) is 10.6 Å². The quantitative estimate of drug-likeness (QED) is 0.640. The van der Waals surface area contributed by atoms with Gasteiger partial charge in [-0.15, -0.1) is 0 Å². The third kappa shape index (κ3) is 6.81. The number of hydrogen-bond donors (Lipinski definition) is 2. The molecule has 7 heteroatoms. The first kappa shape index (κ1) is 20.0. The number of rotatable bonds is 8. The molecule has 0 spiro atoms. The summed E-state index contributed by atoms with van der Waals surface area (Å²) >= 11 is 0. The summed E-state index contributed by atoms with van der Waals surface area (Å²) in [5, 5.41) is 5.87. The maximum Gasteiger partial charge on any atom is 0.335 e. The topological polar surface area (TPSA) is 76.7 Å². The molecule has 140 valence electrons. The van der Waals surface area contributed by atoms with Gasteiger partial charge in [0.2, 0.25) is 0 Å². The van der Waals surface area contributed by atoms with Crippen LogP contribution in [-0.4, -0.2) is 25.3 Å². The summed E-state index contributed by atoms with van der Waals surface area (Å²) in [5.41, 5.74) is 1.56. The average Bonchev–Trinajstić information content (AvgIpc) is 2.58. The van der Waals surface area contributed by atoms with E-state index in [4.69, 9.17) is 9.05 Å². The van der Waals surface area contributed by atoms with Crippen molar-refractivity contribution in [3.63, 3.8) is 0 Å². The summed E-state index contributed by atoms with van der Waals surface area (Å²) in [6.07, 6.45) is 5.95. The molecule has 2 rings (SSSR count). The Hall–Kier alpha value is -1.36. The summed E-state index contributed by atoms with van der Waals surface area (Å²) in [5.74, 6) is 0. The molecule has 1 saturated carbocycles. The van der Waals surface area contributed by atoms with E-state index in [9.17, 15) is 9.36 Å². The molecule has 0 aromatic heterocycles. The summed E-state index contributed by atoms with van der Waals surface area (Å²) in [6, 6.07) is 7.38. The second kappa shape index (κ2) is 9.95. The van der Waals surface area contributed by atoms with E-state index in [1.807, 2.05) is 12.1 Å². The van der Waals surface area contributed by atoms with Gasteiger partial charge in [0, 0.05) is 11.7 Å². The van der Waals surface area contributed by atoms with Crippen LogP contribution < -0.4 is 10.6 Å². The van der Waals surface area contributed by atoms with Crippen LogP contribution in [0.5, 0.6) is 0 Å². The van der Waals surface area contributed by atoms with E-state index in [0.717, 1.165) is 18.4 Å². The van der Waals surface area contributed by atoms with Gasteiger partial charge in [-0.2, -0.15) is 0 Å². The Bertz CT molecular complexity index is 575. The van der Waals surface area contributed by atoms with Crippen LogP contribution >= 0.6 is 7.60 Å². The fourth-order valence-electron chi connectivity index (χ4n) is 3.04. The molecule has 1 aromatic carbocycles. The zero-order chi connectivity index (χ0) is 18.1. The van der Waals surface area contributed by atoms with Crippen LogP contribution in [0.4, 0.5) is 10.5 Å². The fourth-order valence-corrected chi connectivity index (χ4v) is 4.74. The highest BCUT2D eigenvalue weighted by molar-refractivity contribution is 7.53. The van der Waals surface area contributed by atoms with E-state index in [0.29, 0.717) is 18.9 Å². The molecule has 0 unspecified atom stereocenters. The molecule has 0 atom stereocenters. The Morgan fingerprint density at radius 1 is 1.08 bits per heavy atom. The number of anilines is 1. The smallest absolute Gasteiger partial charge is 0.335 e. The summed E-state index contributed by atoms with van der Waals surface area (Å²) in [6.45, 7) is 4.28. The van der Waals surface area contributed by atoms with Gasteiger partial charge in [-0.1, -0.05) is 31.4 Å². The lowest BCUT2D eigenvalue weighted by Crippen LogP contribution is -2.38. The van der Waals surface area contributed by atoms with Gasteiger partial charge in [-0.05, 0) is 44.4 Å². The van der Waals surface area contributed by atoms with E-state index in [1.165, 1.54) is 19.3 Å². The molecule has 1 fully saturated rings. The van der Waals surface area contributed by atoms with E-state index < -0.39 is 7.60 Å². The molecule has 2 amide bonds. The standard InChI is InChI=1S/C18H29N2O4P/c1-3-23-25(22,24-4-2)14-15-10-12-17(13-11-15)20-18(21)19-16-8-6-5-7-9-16/h10-13,16H,3-9,14H2,1-2H3,(H2,19,20,21). The molecular formula is C18H29N2O4P. The predicted molar refractivity (Wildman–Crippen MR) is 100 cm³/mol. The third-order valence-electron chi connectivity index (χ3n) is 4.18. The van der Waals surface area contributed by atoms with Gasteiger partial charge in [-0.3, -0.25) is 4.57 Å². The molecule has 1 aliphatic rings. The normalized spacial score (nSPS) is 15.8. The number of benzene rings is 1. The molecule has 0 aliphatic heterocycles. The predicted octanol–water partition coefficient (Wildman–Crippen LogP) is 4.91. The van der Waals surface area contributed by atoms with Crippen molar-refractivity contribution in [3.8, 4) is 0 Å². The Morgan fingerprint density at radius 3 is 2.24 bits per heavy atom. The lowest BCUT2D eigenvalue weighted by molar-refractivity contribution is 0.219. The Labute approximate surface area is 150 Å². The van der Waals surface area contributed by atoms with Crippen molar-refractivity contribution in [1.82, 2.24) is 5.32 Å². The monoisotopic (exact) mass is 368 g/mol. The minimum atomic E-state index is -3.11. The average molecular weight is 368 g/mol. The lowest BCUT2D eigenvalue weighted by atomic mass is 9.96. The van der Waals surface area contributed by atoms with Gasteiger partial charge in [0.1, 0.15) is 0 Å². The minimum Gasteiger partial charge on any atom is -0.335 e. The highest BCUT2D eigenvalue weighted by Crippen LogP contribution is 2.51. The maximum absolute atomic E-state index is 12.5. The molecule has 0 bridgehead atoms. The first-order chi connectivity index (χ1) is 12.0. The van der Waals surface area contributed by atoms with E-state index >= 15 is 0 Å². The van der Waals surface area contributed by atoms with Crippen LogP contribution in [-0.2, 0) is 19.8 Å². The van der Waals surface area contributed by atoms with Crippen molar-refractivity contribution in [2.45, 2.75) is 58.2 Å². The lowest BCUT2D eigenvalue weighted by Gasteiger charge is -2.22. The Morgan fingerprint density at radius 2 is 1.68 bits per heavy atom. The zero-order valence-electron chi connectivity index (χ0n) is 15.1. The molecule has 25 heavy (non-hydrogen) atoms. The van der Waals surface area contributed by atoms with Gasteiger partial charge in [0.05, 0.1) is 19.4 Å². The van der Waals surface area contributed by atoms with Crippen molar-refractivity contribution in [3.05, 3.63) is 29.8 Å². The number of urea groups is 1. The van der Waals surface area contributed by atoms with Gasteiger partial charge < -0.3 is 19.7 Å². The van der Waals surface area contributed by atoms with Gasteiger partial charge >= 0.3 is 13.6 Å². The number of amides is 2. The van der Waals surface area contributed by atoms with Gasteiger partial charge in [-0.25, -0.2) is 4.79 Å². The summed E-state index contributed by atoms with van der Waals surface area (Å²) in [7, 11) is -3.11. The largest absolute Gasteiger partial charge is 0.335 e. The molecule has 0 heterocycles. The van der Waals surface area contributed by atoms with Crippen molar-refractivity contribution < 1.29 is 18.4 Å². The second-order valence-electron chi connectivity index (χ2n) is 6.23. The molecule has 2 N–H and O–H groups in total. The molecule has 1 aliphatic carbocycles. The SMILES string of the molecule is CCOP(=O)(Cc1ccc(NC(=O)NC2CCCCC2)cc1)OCC. The van der Waals surface area contributed by atoms with Crippen LogP contribution in [0, 0.1) is 0 Å². The first-order valence-electron chi connectivity index (χ1n) is 9.09. The van der Waals surface area contributed by atoms with Gasteiger partial charge in [0.25, 0.3) is 0 Å². The Balaban J connectivity index is 1.88. The van der Waals surface area contributed by atoms with Crippen molar-refractivity contribution in [1.29, 1.82) is 0 Å². The zero-order valence-corrected chi connectivity index (χ0v) is 16.0. The molecule has 0 saturated heterocycles. The molecule has 0 radical (unpaired) electrons. The van der Waals surface area contributed by atoms with Crippen LogP contribution in [0.2, 0.25) is 0 Å². The van der Waals surface area contributed by atoms with E-state index in [-0.39, 0.29) is 18.2 Å². The number of carbonyl (C=O) groups excluding carboxylic acids is 1. The first-order valence-corrected chi connectivity index (χ1v) is 10.8. The second-order valence-corrected chi connectivity index (χ2v) is 8.29. The highest BCUT2D eigenvalue weighted by atomic mass is 31.2. The van der Waals surface area contributed by atoms with E-state index in [1.54, 1.807) is 26.0 Å². The van der Waals surface area contributed by atoms with Crippen LogP contribution in [0.15, 0.2) is 24.3 Å². The molecular weight excluding hydrogens is 339 g/mol. The summed E-state index contributed by atoms with van der Waals surface area (Å²) < 4.78 is 23.2. The van der Waals surface area contributed by atoms with Crippen molar-refractivity contribution >= 4 is 19.3 Å². The number of hydrogen-bond acceptors (Lipinski definition) is 4. The highest BCUT2D eigenvalue weighted by Gasteiger charge is 2.24. The van der Waals surface area contributed by atoms with Crippen molar-refractivity contribution in [2.75, 3.05) is 18.5 Å². The minimum absolute atomic E-state index is 0.172. The number of nitrogens with one attached hydrogen (secondary N) is 2. The summed E-state index contributed by atoms with van der Waals surface area (Å²) in [4.78, 5) is 12.1. The molecule has 6 nitrogen and oxygen atoms in total. The molecule has 1 aromatic rings. The van der Waals surface area contributed by atoms with Crippen LogP contribution in [0.25, 0.3) is 0 Å². The van der Waals surface area contributed by atoms with Crippen LogP contribution in [0.3, 0.4) is 0 Å². The fraction of sp³-hybridized carbons (Fsp3) is 0.611. The maximum atomic E-state index is 12.5. The van der Waals surface area contributed by atoms with Crippen molar-refractivity contribution in [2.24, 2.45) is 0 Å². The number of carbonyl (C=O) groups is 1. The van der Waals surface area contributed by atoms with Gasteiger partial charge in [0.15, 0.2) is 0 Å².